The quantitative estimate of drug-likeness (QED) is 0.589. The van der Waals surface area contributed by atoms with Gasteiger partial charge in [0.25, 0.3) is 6.29 Å². The summed E-state index contributed by atoms with van der Waals surface area (Å²) in [6, 6.07) is 7.25. The van der Waals surface area contributed by atoms with Gasteiger partial charge in [0, 0.05) is 23.4 Å². The van der Waals surface area contributed by atoms with Crippen LogP contribution in [0.3, 0.4) is 0 Å². The highest BCUT2D eigenvalue weighted by Crippen LogP contribution is 2.17. The Balaban J connectivity index is 2.50. The number of rotatable bonds is 7. The Bertz CT molecular complexity index is 542. The van der Waals surface area contributed by atoms with Crippen LogP contribution in [0.4, 0.5) is 4.79 Å². The number of hydrogen-bond acceptors (Lipinski definition) is 4. The summed E-state index contributed by atoms with van der Waals surface area (Å²) < 4.78 is 10.4. The molecule has 0 aliphatic rings. The fourth-order valence-corrected chi connectivity index (χ4v) is 1.88. The first-order chi connectivity index (χ1) is 11.2. The SMILES string of the molecule is [CH2][C@H](CNC(=O)O[C@H](OC(=O)C(C)C)C(C)C)c1ccc(Cl)cc1. The molecule has 24 heavy (non-hydrogen) atoms. The number of carbonyl (C=O) groups is 2. The monoisotopic (exact) mass is 354 g/mol. The second-order valence-corrected chi connectivity index (χ2v) is 6.68. The molecule has 0 bridgehead atoms. The molecule has 0 fully saturated rings. The van der Waals surface area contributed by atoms with Gasteiger partial charge in [-0.15, -0.1) is 0 Å². The van der Waals surface area contributed by atoms with E-state index in [9.17, 15) is 9.59 Å². The van der Waals surface area contributed by atoms with E-state index >= 15 is 0 Å². The molecule has 2 atom stereocenters. The minimum absolute atomic E-state index is 0.148. The van der Waals surface area contributed by atoms with Gasteiger partial charge >= 0.3 is 12.1 Å². The van der Waals surface area contributed by atoms with Crippen molar-refractivity contribution >= 4 is 23.7 Å². The van der Waals surface area contributed by atoms with Crippen LogP contribution in [-0.4, -0.2) is 24.9 Å². The largest absolute Gasteiger partial charge is 0.425 e. The standard InChI is InChI=1S/C18H25ClNO4/c1-11(2)16(21)23-17(12(3)4)24-18(22)20-10-13(5)14-6-8-15(19)9-7-14/h6-9,11-13,17H,5,10H2,1-4H3,(H,20,22)/t13-,17+/m1/s1. The number of nitrogens with one attached hydrogen (secondary N) is 1. The molecule has 1 aromatic carbocycles. The van der Waals surface area contributed by atoms with Crippen LogP contribution in [-0.2, 0) is 14.3 Å². The molecule has 0 saturated carbocycles. The molecule has 6 heteroatoms. The number of halogens is 1. The lowest BCUT2D eigenvalue weighted by Gasteiger charge is -2.23. The van der Waals surface area contributed by atoms with Crippen molar-refractivity contribution in [3.8, 4) is 0 Å². The summed E-state index contributed by atoms with van der Waals surface area (Å²) in [6.45, 7) is 11.4. The number of alkyl carbamates (subject to hydrolysis) is 1. The molecule has 0 saturated heterocycles. The van der Waals surface area contributed by atoms with Gasteiger partial charge in [0.05, 0.1) is 5.92 Å². The Morgan fingerprint density at radius 2 is 1.71 bits per heavy atom. The first-order valence-corrected chi connectivity index (χ1v) is 8.32. The molecular weight excluding hydrogens is 330 g/mol. The third-order valence-corrected chi connectivity index (χ3v) is 3.56. The van der Waals surface area contributed by atoms with Gasteiger partial charge in [-0.3, -0.25) is 4.79 Å². The molecule has 0 spiro atoms. The van der Waals surface area contributed by atoms with Crippen molar-refractivity contribution in [1.29, 1.82) is 0 Å². The summed E-state index contributed by atoms with van der Waals surface area (Å²) in [5, 5.41) is 3.28. The van der Waals surface area contributed by atoms with Crippen LogP contribution in [0.15, 0.2) is 24.3 Å². The van der Waals surface area contributed by atoms with Crippen LogP contribution in [0.5, 0.6) is 0 Å². The lowest BCUT2D eigenvalue weighted by molar-refractivity contribution is -0.178. The lowest BCUT2D eigenvalue weighted by Crippen LogP contribution is -2.36. The normalized spacial score (nSPS) is 13.5. The fourth-order valence-electron chi connectivity index (χ4n) is 1.75. The number of hydrogen-bond donors (Lipinski definition) is 1. The van der Waals surface area contributed by atoms with Gasteiger partial charge < -0.3 is 14.8 Å². The van der Waals surface area contributed by atoms with Crippen molar-refractivity contribution in [2.75, 3.05) is 6.54 Å². The van der Waals surface area contributed by atoms with Crippen molar-refractivity contribution < 1.29 is 19.1 Å². The van der Waals surface area contributed by atoms with Crippen LogP contribution in [0, 0.1) is 18.8 Å². The Morgan fingerprint density at radius 1 is 1.12 bits per heavy atom. The second-order valence-electron chi connectivity index (χ2n) is 6.24. The maximum absolute atomic E-state index is 11.9. The van der Waals surface area contributed by atoms with Gasteiger partial charge in [0.1, 0.15) is 0 Å². The zero-order chi connectivity index (χ0) is 18.3. The van der Waals surface area contributed by atoms with E-state index in [2.05, 4.69) is 12.2 Å². The van der Waals surface area contributed by atoms with Gasteiger partial charge in [-0.1, -0.05) is 51.4 Å². The molecule has 0 heterocycles. The number of carbonyl (C=O) groups excluding carboxylic acids is 2. The molecule has 1 rings (SSSR count). The summed E-state index contributed by atoms with van der Waals surface area (Å²) in [6.07, 6.45) is -1.56. The number of ether oxygens (including phenoxy) is 2. The number of amides is 1. The minimum atomic E-state index is -0.918. The van der Waals surface area contributed by atoms with Crippen molar-refractivity contribution in [1.82, 2.24) is 5.32 Å². The lowest BCUT2D eigenvalue weighted by atomic mass is 10.0. The average Bonchev–Trinajstić information content (AvgIpc) is 2.52. The number of benzene rings is 1. The van der Waals surface area contributed by atoms with Crippen molar-refractivity contribution in [3.63, 3.8) is 0 Å². The van der Waals surface area contributed by atoms with E-state index in [1.807, 2.05) is 26.0 Å². The van der Waals surface area contributed by atoms with Gasteiger partial charge in [0.2, 0.25) is 0 Å². The van der Waals surface area contributed by atoms with Gasteiger partial charge in [-0.2, -0.15) is 0 Å². The highest BCUT2D eigenvalue weighted by atomic mass is 35.5. The van der Waals surface area contributed by atoms with E-state index in [0.717, 1.165) is 5.56 Å². The van der Waals surface area contributed by atoms with E-state index < -0.39 is 18.4 Å². The molecule has 0 aliphatic carbocycles. The van der Waals surface area contributed by atoms with E-state index in [1.54, 1.807) is 26.0 Å². The van der Waals surface area contributed by atoms with Crippen molar-refractivity contribution in [2.24, 2.45) is 11.8 Å². The van der Waals surface area contributed by atoms with Crippen molar-refractivity contribution in [3.05, 3.63) is 41.8 Å². The Hall–Kier alpha value is -1.75. The molecule has 0 aliphatic heterocycles. The molecular formula is C18H25ClNO4. The fraction of sp³-hybridized carbons (Fsp3) is 0.500. The molecule has 1 aromatic rings. The average molecular weight is 355 g/mol. The first kappa shape index (κ1) is 20.3. The van der Waals surface area contributed by atoms with Gasteiger partial charge in [-0.05, 0) is 24.6 Å². The van der Waals surface area contributed by atoms with E-state index in [0.29, 0.717) is 11.6 Å². The molecule has 133 valence electrons. The molecule has 1 amide bonds. The smallest absolute Gasteiger partial charge is 0.410 e. The predicted octanol–water partition coefficient (Wildman–Crippen LogP) is 4.17. The zero-order valence-corrected chi connectivity index (χ0v) is 15.3. The molecule has 5 nitrogen and oxygen atoms in total. The summed E-state index contributed by atoms with van der Waals surface area (Å²) in [5.41, 5.74) is 0.950. The summed E-state index contributed by atoms with van der Waals surface area (Å²) >= 11 is 5.84. The minimum Gasteiger partial charge on any atom is -0.425 e. The molecule has 0 aromatic heterocycles. The van der Waals surface area contributed by atoms with E-state index in [4.69, 9.17) is 21.1 Å². The summed E-state index contributed by atoms with van der Waals surface area (Å²) in [4.78, 5) is 23.6. The topological polar surface area (TPSA) is 64.6 Å². The second kappa shape index (κ2) is 9.52. The van der Waals surface area contributed by atoms with Gasteiger partial charge in [-0.25, -0.2) is 4.79 Å². The Kier molecular flexibility index (Phi) is 8.05. The third kappa shape index (κ3) is 6.79. The van der Waals surface area contributed by atoms with Crippen molar-refractivity contribution in [2.45, 2.75) is 39.9 Å². The van der Waals surface area contributed by atoms with E-state index in [-0.39, 0.29) is 17.8 Å². The predicted molar refractivity (Wildman–Crippen MR) is 93.6 cm³/mol. The van der Waals surface area contributed by atoms with E-state index in [1.165, 1.54) is 0 Å². The Morgan fingerprint density at radius 3 is 2.21 bits per heavy atom. The molecule has 1 radical (unpaired) electrons. The highest BCUT2D eigenvalue weighted by molar-refractivity contribution is 6.30. The third-order valence-electron chi connectivity index (χ3n) is 3.31. The maximum Gasteiger partial charge on any atom is 0.410 e. The van der Waals surface area contributed by atoms with Crippen LogP contribution in [0.2, 0.25) is 5.02 Å². The Labute approximate surface area is 148 Å². The molecule has 1 N–H and O–H groups in total. The van der Waals surface area contributed by atoms with Crippen LogP contribution < -0.4 is 5.32 Å². The van der Waals surface area contributed by atoms with Crippen LogP contribution in [0.1, 0.15) is 39.2 Å². The highest BCUT2D eigenvalue weighted by Gasteiger charge is 2.24. The number of esters is 1. The maximum atomic E-state index is 11.9. The zero-order valence-electron chi connectivity index (χ0n) is 14.5. The first-order valence-electron chi connectivity index (χ1n) is 7.94. The van der Waals surface area contributed by atoms with Gasteiger partial charge in [0.15, 0.2) is 0 Å². The summed E-state index contributed by atoms with van der Waals surface area (Å²) in [7, 11) is 0. The van der Waals surface area contributed by atoms with Crippen LogP contribution >= 0.6 is 11.6 Å². The summed E-state index contributed by atoms with van der Waals surface area (Å²) in [5.74, 6) is -0.986. The molecule has 0 unspecified atom stereocenters. The van der Waals surface area contributed by atoms with Crippen LogP contribution in [0.25, 0.3) is 0 Å².